The summed E-state index contributed by atoms with van der Waals surface area (Å²) in [6.45, 7) is 9.65. The number of carbonyl (C=O) groups excluding carboxylic acids is 1. The number of aromatic nitrogens is 4. The molecule has 0 spiro atoms. The molecule has 2 aromatic rings. The van der Waals surface area contributed by atoms with E-state index in [0.29, 0.717) is 18.9 Å². The van der Waals surface area contributed by atoms with E-state index in [1.807, 2.05) is 15.7 Å². The van der Waals surface area contributed by atoms with E-state index in [-0.39, 0.29) is 5.91 Å². The molecular weight excluding hydrogens is 368 g/mol. The number of nitrogens with zero attached hydrogens (tertiary/aromatic N) is 6. The minimum atomic E-state index is 0.215. The van der Waals surface area contributed by atoms with Crippen molar-refractivity contribution in [2.45, 2.75) is 45.6 Å². The normalized spacial score (nSPS) is 18.3. The lowest BCUT2D eigenvalue weighted by atomic mass is 9.95. The van der Waals surface area contributed by atoms with E-state index < -0.39 is 0 Å². The molecular formula is C21H30N6O2. The SMILES string of the molecule is Cc1nc(C2CCN(C(=O)CCn3ccnc3)CC2)nc(N2CCOCC2)c1C. The molecule has 8 nitrogen and oxygen atoms in total. The molecule has 1 amide bonds. The van der Waals surface area contributed by atoms with Gasteiger partial charge in [-0.15, -0.1) is 0 Å². The summed E-state index contributed by atoms with van der Waals surface area (Å²) in [5.41, 5.74) is 2.21. The van der Waals surface area contributed by atoms with Crippen LogP contribution in [0.1, 0.15) is 42.3 Å². The first-order chi connectivity index (χ1) is 14.1. The molecule has 8 heteroatoms. The van der Waals surface area contributed by atoms with Crippen molar-refractivity contribution in [3.63, 3.8) is 0 Å². The van der Waals surface area contributed by atoms with Gasteiger partial charge in [-0.1, -0.05) is 0 Å². The highest BCUT2D eigenvalue weighted by molar-refractivity contribution is 5.76. The highest BCUT2D eigenvalue weighted by Crippen LogP contribution is 2.29. The molecule has 2 aromatic heterocycles. The Morgan fingerprint density at radius 1 is 1.14 bits per heavy atom. The Labute approximate surface area is 171 Å². The largest absolute Gasteiger partial charge is 0.378 e. The number of hydrogen-bond acceptors (Lipinski definition) is 6. The number of carbonyl (C=O) groups is 1. The third-order valence-corrected chi connectivity index (χ3v) is 6.05. The van der Waals surface area contributed by atoms with Gasteiger partial charge in [0.05, 0.1) is 19.5 Å². The van der Waals surface area contributed by atoms with Crippen molar-refractivity contribution in [3.8, 4) is 0 Å². The second kappa shape index (κ2) is 8.90. The molecule has 0 aliphatic carbocycles. The number of rotatable bonds is 5. The third kappa shape index (κ3) is 4.58. The van der Waals surface area contributed by atoms with Gasteiger partial charge in [0.15, 0.2) is 0 Å². The van der Waals surface area contributed by atoms with Gasteiger partial charge < -0.3 is 19.1 Å². The van der Waals surface area contributed by atoms with Gasteiger partial charge in [-0.25, -0.2) is 15.0 Å². The molecule has 2 fully saturated rings. The van der Waals surface area contributed by atoms with Crippen LogP contribution in [-0.4, -0.2) is 69.7 Å². The van der Waals surface area contributed by atoms with E-state index in [9.17, 15) is 4.79 Å². The summed E-state index contributed by atoms with van der Waals surface area (Å²) in [4.78, 5) is 30.6. The van der Waals surface area contributed by atoms with Crippen molar-refractivity contribution in [2.75, 3.05) is 44.3 Å². The first-order valence-corrected chi connectivity index (χ1v) is 10.5. The predicted molar refractivity (Wildman–Crippen MR) is 110 cm³/mol. The molecule has 0 aromatic carbocycles. The van der Waals surface area contributed by atoms with Gasteiger partial charge in [0.25, 0.3) is 0 Å². The molecule has 0 N–H and O–H groups in total. The van der Waals surface area contributed by atoms with Crippen LogP contribution in [0.5, 0.6) is 0 Å². The summed E-state index contributed by atoms with van der Waals surface area (Å²) in [5, 5.41) is 0. The third-order valence-electron chi connectivity index (χ3n) is 6.05. The van der Waals surface area contributed by atoms with Gasteiger partial charge in [-0.05, 0) is 26.7 Å². The van der Waals surface area contributed by atoms with E-state index in [2.05, 4.69) is 23.7 Å². The maximum atomic E-state index is 12.5. The summed E-state index contributed by atoms with van der Waals surface area (Å²) in [7, 11) is 0. The van der Waals surface area contributed by atoms with Crippen molar-refractivity contribution >= 4 is 11.7 Å². The Balaban J connectivity index is 1.37. The van der Waals surface area contributed by atoms with Crippen LogP contribution < -0.4 is 4.90 Å². The van der Waals surface area contributed by atoms with Crippen molar-refractivity contribution < 1.29 is 9.53 Å². The van der Waals surface area contributed by atoms with Crippen LogP contribution >= 0.6 is 0 Å². The molecule has 0 saturated carbocycles. The molecule has 156 valence electrons. The lowest BCUT2D eigenvalue weighted by molar-refractivity contribution is -0.132. The Kier molecular flexibility index (Phi) is 6.08. The minimum Gasteiger partial charge on any atom is -0.378 e. The molecule has 0 unspecified atom stereocenters. The Morgan fingerprint density at radius 2 is 1.90 bits per heavy atom. The van der Waals surface area contributed by atoms with E-state index >= 15 is 0 Å². The maximum absolute atomic E-state index is 12.5. The fraction of sp³-hybridized carbons (Fsp3) is 0.619. The van der Waals surface area contributed by atoms with Gasteiger partial charge in [-0.2, -0.15) is 0 Å². The second-order valence-electron chi connectivity index (χ2n) is 7.92. The van der Waals surface area contributed by atoms with Crippen molar-refractivity contribution in [1.29, 1.82) is 0 Å². The molecule has 0 bridgehead atoms. The minimum absolute atomic E-state index is 0.215. The summed E-state index contributed by atoms with van der Waals surface area (Å²) in [6, 6.07) is 0. The zero-order chi connectivity index (χ0) is 20.2. The number of hydrogen-bond donors (Lipinski definition) is 0. The van der Waals surface area contributed by atoms with Crippen molar-refractivity contribution in [3.05, 3.63) is 35.8 Å². The Bertz CT molecular complexity index is 824. The summed E-state index contributed by atoms with van der Waals surface area (Å²) < 4.78 is 7.43. The fourth-order valence-electron chi connectivity index (χ4n) is 4.09. The summed E-state index contributed by atoms with van der Waals surface area (Å²) in [5.74, 6) is 2.51. The molecule has 2 aliphatic rings. The lowest BCUT2D eigenvalue weighted by Gasteiger charge is -2.33. The Morgan fingerprint density at radius 3 is 2.59 bits per heavy atom. The fourth-order valence-corrected chi connectivity index (χ4v) is 4.09. The zero-order valence-electron chi connectivity index (χ0n) is 17.4. The van der Waals surface area contributed by atoms with Crippen LogP contribution in [0.15, 0.2) is 18.7 Å². The number of ether oxygens (including phenoxy) is 1. The first-order valence-electron chi connectivity index (χ1n) is 10.5. The number of amides is 1. The highest BCUT2D eigenvalue weighted by Gasteiger charge is 2.27. The van der Waals surface area contributed by atoms with Crippen molar-refractivity contribution in [2.24, 2.45) is 0 Å². The number of likely N-dealkylation sites (tertiary alicyclic amines) is 1. The van der Waals surface area contributed by atoms with E-state index in [1.54, 1.807) is 12.5 Å². The number of aryl methyl sites for hydroxylation is 2. The zero-order valence-corrected chi connectivity index (χ0v) is 17.4. The van der Waals surface area contributed by atoms with Gasteiger partial charge in [0.1, 0.15) is 11.6 Å². The van der Waals surface area contributed by atoms with Crippen LogP contribution in [0.25, 0.3) is 0 Å². The number of anilines is 1. The van der Waals surface area contributed by atoms with Gasteiger partial charge in [0, 0.05) is 68.7 Å². The standard InChI is InChI=1S/C21H30N6O2/c1-16-17(2)23-20(24-21(16)27-11-13-29-14-12-27)18-3-8-26(9-4-18)19(28)5-7-25-10-6-22-15-25/h6,10,15,18H,3-5,7-9,11-14H2,1-2H3. The predicted octanol–water partition coefficient (Wildman–Crippen LogP) is 1.92. The van der Waals surface area contributed by atoms with Gasteiger partial charge in [-0.3, -0.25) is 4.79 Å². The van der Waals surface area contributed by atoms with Crippen molar-refractivity contribution in [1.82, 2.24) is 24.4 Å². The monoisotopic (exact) mass is 398 g/mol. The van der Waals surface area contributed by atoms with Crippen LogP contribution in [-0.2, 0) is 16.1 Å². The molecule has 4 rings (SSSR count). The average molecular weight is 399 g/mol. The first kappa shape index (κ1) is 19.8. The number of imidazole rings is 1. The molecule has 4 heterocycles. The number of morpholine rings is 1. The van der Waals surface area contributed by atoms with Crippen LogP contribution in [0, 0.1) is 13.8 Å². The van der Waals surface area contributed by atoms with E-state index in [4.69, 9.17) is 14.7 Å². The van der Waals surface area contributed by atoms with Crippen LogP contribution in [0.3, 0.4) is 0 Å². The second-order valence-corrected chi connectivity index (χ2v) is 7.92. The molecule has 2 aliphatic heterocycles. The smallest absolute Gasteiger partial charge is 0.224 e. The topological polar surface area (TPSA) is 76.4 Å². The average Bonchev–Trinajstić information content (AvgIpc) is 3.28. The Hall–Kier alpha value is -2.48. The van der Waals surface area contributed by atoms with Gasteiger partial charge in [0.2, 0.25) is 5.91 Å². The van der Waals surface area contributed by atoms with E-state index in [0.717, 1.165) is 75.1 Å². The lowest BCUT2D eigenvalue weighted by Crippen LogP contribution is -2.39. The van der Waals surface area contributed by atoms with Gasteiger partial charge >= 0.3 is 0 Å². The quantitative estimate of drug-likeness (QED) is 0.766. The molecule has 29 heavy (non-hydrogen) atoms. The molecule has 0 radical (unpaired) electrons. The summed E-state index contributed by atoms with van der Waals surface area (Å²) in [6.07, 6.45) is 7.74. The number of piperidine rings is 1. The maximum Gasteiger partial charge on any atom is 0.224 e. The molecule has 0 atom stereocenters. The summed E-state index contributed by atoms with van der Waals surface area (Å²) >= 11 is 0. The van der Waals surface area contributed by atoms with Crippen LogP contribution in [0.2, 0.25) is 0 Å². The molecule has 2 saturated heterocycles. The highest BCUT2D eigenvalue weighted by atomic mass is 16.5. The van der Waals surface area contributed by atoms with Crippen LogP contribution in [0.4, 0.5) is 5.82 Å². The van der Waals surface area contributed by atoms with E-state index in [1.165, 1.54) is 0 Å².